The molecule has 0 radical (unpaired) electrons. The summed E-state index contributed by atoms with van der Waals surface area (Å²) < 4.78 is 5.34. The Morgan fingerprint density at radius 2 is 2.31 bits per heavy atom. The predicted octanol–water partition coefficient (Wildman–Crippen LogP) is 1.23. The minimum Gasteiger partial charge on any atom is -0.481 e. The lowest BCUT2D eigenvalue weighted by Crippen LogP contribution is -2.17. The van der Waals surface area contributed by atoms with Gasteiger partial charge in [0.05, 0.1) is 19.6 Å². The fourth-order valence-electron chi connectivity index (χ4n) is 1.92. The summed E-state index contributed by atoms with van der Waals surface area (Å²) in [5.74, 6) is -0.867. The minimum absolute atomic E-state index is 0.0325. The summed E-state index contributed by atoms with van der Waals surface area (Å²) in [5, 5.41) is 8.68. The Balaban J connectivity index is 2.19. The largest absolute Gasteiger partial charge is 0.481 e. The number of carboxylic acid groups (broad SMARTS) is 1. The number of nitrogens with two attached hydrogens (primary N) is 1. The number of hydrogen-bond donors (Lipinski definition) is 2. The lowest BCUT2D eigenvalue weighted by atomic mass is 9.96. The van der Waals surface area contributed by atoms with Gasteiger partial charge in [-0.1, -0.05) is 18.2 Å². The summed E-state index contributed by atoms with van der Waals surface area (Å²) >= 11 is 0. The summed E-state index contributed by atoms with van der Waals surface area (Å²) in [7, 11) is 0. The molecule has 0 aliphatic carbocycles. The van der Waals surface area contributed by atoms with Crippen LogP contribution in [0.15, 0.2) is 18.2 Å². The van der Waals surface area contributed by atoms with Gasteiger partial charge in [0.25, 0.3) is 0 Å². The Kier molecular flexibility index (Phi) is 3.22. The van der Waals surface area contributed by atoms with Gasteiger partial charge in [-0.3, -0.25) is 4.79 Å². The van der Waals surface area contributed by atoms with Gasteiger partial charge in [0.15, 0.2) is 0 Å². The van der Waals surface area contributed by atoms with Crippen LogP contribution in [0.5, 0.6) is 0 Å². The maximum Gasteiger partial charge on any atom is 0.305 e. The molecule has 0 saturated carbocycles. The van der Waals surface area contributed by atoms with Crippen LogP contribution in [0.4, 0.5) is 0 Å². The van der Waals surface area contributed by atoms with Gasteiger partial charge in [-0.15, -0.1) is 0 Å². The smallest absolute Gasteiger partial charge is 0.305 e. The van der Waals surface area contributed by atoms with Crippen LogP contribution in [0, 0.1) is 0 Å². The average Bonchev–Trinajstić information content (AvgIpc) is 2.27. The summed E-state index contributed by atoms with van der Waals surface area (Å²) in [4.78, 5) is 10.6. The van der Waals surface area contributed by atoms with Crippen molar-refractivity contribution < 1.29 is 14.6 Å². The Hall–Kier alpha value is -1.39. The van der Waals surface area contributed by atoms with Crippen molar-refractivity contribution in [3.05, 3.63) is 34.9 Å². The van der Waals surface area contributed by atoms with Gasteiger partial charge in [-0.05, 0) is 23.1 Å². The van der Waals surface area contributed by atoms with Gasteiger partial charge in [0, 0.05) is 6.04 Å². The lowest BCUT2D eigenvalue weighted by molar-refractivity contribution is -0.137. The van der Waals surface area contributed by atoms with E-state index in [0.29, 0.717) is 6.61 Å². The molecule has 0 amide bonds. The molecule has 2 rings (SSSR count). The van der Waals surface area contributed by atoms with Crippen LogP contribution >= 0.6 is 0 Å². The summed E-state index contributed by atoms with van der Waals surface area (Å²) in [6.45, 7) is 1.37. The summed E-state index contributed by atoms with van der Waals surface area (Å²) in [6.07, 6.45) is 0.845. The second-order valence-electron chi connectivity index (χ2n) is 4.04. The number of fused-ring (bicyclic) bond motifs is 1. The van der Waals surface area contributed by atoms with E-state index in [4.69, 9.17) is 15.6 Å². The molecule has 16 heavy (non-hydrogen) atoms. The number of aliphatic carboxylic acids is 1. The van der Waals surface area contributed by atoms with Gasteiger partial charge in [-0.2, -0.15) is 0 Å². The van der Waals surface area contributed by atoms with Crippen LogP contribution in [0.1, 0.15) is 29.2 Å². The molecule has 0 fully saturated rings. The van der Waals surface area contributed by atoms with Gasteiger partial charge < -0.3 is 15.6 Å². The molecule has 0 saturated heterocycles. The lowest BCUT2D eigenvalue weighted by Gasteiger charge is -2.19. The second-order valence-corrected chi connectivity index (χ2v) is 4.04. The number of hydrogen-bond acceptors (Lipinski definition) is 3. The maximum absolute atomic E-state index is 10.6. The van der Waals surface area contributed by atoms with Crippen LogP contribution in [0.25, 0.3) is 0 Å². The fraction of sp³-hybridized carbons (Fsp3) is 0.417. The third-order valence-corrected chi connectivity index (χ3v) is 2.83. The molecule has 4 nitrogen and oxygen atoms in total. The standard InChI is InChI=1S/C12H15NO3/c13-11(6-12(14)15)9-1-2-10-7-16-4-3-8(10)5-9/h1-2,5,11H,3-4,6-7,13H2,(H,14,15). The zero-order valence-corrected chi connectivity index (χ0v) is 8.98. The highest BCUT2D eigenvalue weighted by Crippen LogP contribution is 2.22. The van der Waals surface area contributed by atoms with Crippen molar-refractivity contribution in [1.29, 1.82) is 0 Å². The fourth-order valence-corrected chi connectivity index (χ4v) is 1.92. The predicted molar refractivity (Wildman–Crippen MR) is 59.0 cm³/mol. The van der Waals surface area contributed by atoms with Crippen LogP contribution in [-0.4, -0.2) is 17.7 Å². The van der Waals surface area contributed by atoms with Gasteiger partial charge in [-0.25, -0.2) is 0 Å². The van der Waals surface area contributed by atoms with Crippen molar-refractivity contribution in [3.8, 4) is 0 Å². The molecule has 1 heterocycles. The van der Waals surface area contributed by atoms with Crippen molar-refractivity contribution in [3.63, 3.8) is 0 Å². The van der Waals surface area contributed by atoms with E-state index in [-0.39, 0.29) is 6.42 Å². The number of ether oxygens (including phenoxy) is 1. The third-order valence-electron chi connectivity index (χ3n) is 2.83. The molecule has 3 N–H and O–H groups in total. The Bertz CT molecular complexity index is 403. The molecule has 1 aromatic carbocycles. The number of carboxylic acids is 1. The monoisotopic (exact) mass is 221 g/mol. The van der Waals surface area contributed by atoms with Crippen molar-refractivity contribution in [2.24, 2.45) is 5.73 Å². The van der Waals surface area contributed by atoms with Crippen molar-refractivity contribution >= 4 is 5.97 Å². The van der Waals surface area contributed by atoms with Crippen LogP contribution in [0.2, 0.25) is 0 Å². The van der Waals surface area contributed by atoms with E-state index < -0.39 is 12.0 Å². The van der Waals surface area contributed by atoms with E-state index in [1.54, 1.807) is 0 Å². The zero-order chi connectivity index (χ0) is 11.5. The average molecular weight is 221 g/mol. The minimum atomic E-state index is -0.867. The molecule has 86 valence electrons. The highest BCUT2D eigenvalue weighted by molar-refractivity contribution is 5.67. The SMILES string of the molecule is NC(CC(=O)O)c1ccc2c(c1)CCOC2. The molecule has 0 aromatic heterocycles. The number of carbonyl (C=O) groups is 1. The van der Waals surface area contributed by atoms with E-state index in [2.05, 4.69) is 0 Å². The van der Waals surface area contributed by atoms with Crippen LogP contribution in [0.3, 0.4) is 0 Å². The second kappa shape index (κ2) is 4.63. The normalized spacial score (nSPS) is 16.6. The van der Waals surface area contributed by atoms with E-state index in [0.717, 1.165) is 18.6 Å². The van der Waals surface area contributed by atoms with E-state index in [1.165, 1.54) is 11.1 Å². The maximum atomic E-state index is 10.6. The van der Waals surface area contributed by atoms with Crippen molar-refractivity contribution in [2.45, 2.75) is 25.5 Å². The van der Waals surface area contributed by atoms with Crippen molar-refractivity contribution in [1.82, 2.24) is 0 Å². The molecule has 1 atom stereocenters. The van der Waals surface area contributed by atoms with Gasteiger partial charge in [0.2, 0.25) is 0 Å². The Labute approximate surface area is 94.0 Å². The molecule has 1 aliphatic rings. The zero-order valence-electron chi connectivity index (χ0n) is 8.98. The first kappa shape index (κ1) is 11.1. The van der Waals surface area contributed by atoms with Crippen molar-refractivity contribution in [2.75, 3.05) is 6.61 Å². The van der Waals surface area contributed by atoms with Crippen LogP contribution in [-0.2, 0) is 22.6 Å². The first-order valence-electron chi connectivity index (χ1n) is 5.33. The first-order valence-corrected chi connectivity index (χ1v) is 5.33. The topological polar surface area (TPSA) is 72.6 Å². The molecule has 0 spiro atoms. The third kappa shape index (κ3) is 2.40. The van der Waals surface area contributed by atoms with E-state index >= 15 is 0 Å². The van der Waals surface area contributed by atoms with E-state index in [1.807, 2.05) is 18.2 Å². The van der Waals surface area contributed by atoms with Gasteiger partial charge in [0.1, 0.15) is 0 Å². The number of rotatable bonds is 3. The summed E-state index contributed by atoms with van der Waals surface area (Å²) in [5.41, 5.74) is 9.11. The molecular formula is C12H15NO3. The molecule has 1 aromatic rings. The molecule has 1 unspecified atom stereocenters. The summed E-state index contributed by atoms with van der Waals surface area (Å²) in [6, 6.07) is 5.45. The van der Waals surface area contributed by atoms with Crippen LogP contribution < -0.4 is 5.73 Å². The molecule has 1 aliphatic heterocycles. The van der Waals surface area contributed by atoms with E-state index in [9.17, 15) is 4.79 Å². The highest BCUT2D eigenvalue weighted by Gasteiger charge is 2.14. The quantitative estimate of drug-likeness (QED) is 0.805. The molecule has 0 bridgehead atoms. The highest BCUT2D eigenvalue weighted by atomic mass is 16.5. The first-order chi connectivity index (χ1) is 7.66. The molecular weight excluding hydrogens is 206 g/mol. The van der Waals surface area contributed by atoms with Gasteiger partial charge >= 0.3 is 5.97 Å². The Morgan fingerprint density at radius 3 is 3.06 bits per heavy atom. The molecule has 4 heteroatoms. The number of benzene rings is 1. The Morgan fingerprint density at radius 1 is 1.50 bits per heavy atom.